The molecule has 2 aromatic carbocycles. The van der Waals surface area contributed by atoms with Crippen molar-refractivity contribution in [1.82, 2.24) is 0 Å². The minimum Gasteiger partial charge on any atom is -0.465 e. The number of carbonyl (C=O) groups is 1. The summed E-state index contributed by atoms with van der Waals surface area (Å²) in [6, 6.07) is 16.2. The first kappa shape index (κ1) is 13.3. The quantitative estimate of drug-likeness (QED) is 0.859. The van der Waals surface area contributed by atoms with Crippen LogP contribution in [0.3, 0.4) is 0 Å². The van der Waals surface area contributed by atoms with Crippen LogP contribution in [0.5, 0.6) is 0 Å². The summed E-state index contributed by atoms with van der Waals surface area (Å²) in [4.78, 5) is 11.4. The van der Waals surface area contributed by atoms with E-state index >= 15 is 0 Å². The van der Waals surface area contributed by atoms with E-state index in [2.05, 4.69) is 4.74 Å². The molecular formula is C16H16O3. The molecule has 1 atom stereocenters. The summed E-state index contributed by atoms with van der Waals surface area (Å²) in [7, 11) is 1.34. The second kappa shape index (κ2) is 5.24. The van der Waals surface area contributed by atoms with Gasteiger partial charge < -0.3 is 9.84 Å². The van der Waals surface area contributed by atoms with Gasteiger partial charge in [-0.15, -0.1) is 0 Å². The standard InChI is InChI=1S/C16H16O3/c1-16(18,13-6-4-3-5-7-13)14-10-8-12(9-11-14)15(17)19-2/h3-11,18H,1-2H3. The molecule has 0 saturated carbocycles. The second-order valence-corrected chi connectivity index (χ2v) is 4.51. The van der Waals surface area contributed by atoms with Crippen LogP contribution in [0.2, 0.25) is 0 Å². The Balaban J connectivity index is 2.34. The average Bonchev–Trinajstić information content (AvgIpc) is 2.47. The summed E-state index contributed by atoms with van der Waals surface area (Å²) < 4.78 is 4.64. The number of carbonyl (C=O) groups excluding carboxylic acids is 1. The van der Waals surface area contributed by atoms with Gasteiger partial charge in [-0.25, -0.2) is 4.79 Å². The molecule has 0 spiro atoms. The topological polar surface area (TPSA) is 46.5 Å². The molecule has 0 radical (unpaired) electrons. The number of hydrogen-bond donors (Lipinski definition) is 1. The zero-order valence-electron chi connectivity index (χ0n) is 11.0. The third kappa shape index (κ3) is 2.66. The van der Waals surface area contributed by atoms with Crippen molar-refractivity contribution in [3.8, 4) is 0 Å². The Kier molecular flexibility index (Phi) is 3.67. The van der Waals surface area contributed by atoms with E-state index in [4.69, 9.17) is 0 Å². The molecule has 0 saturated heterocycles. The summed E-state index contributed by atoms with van der Waals surface area (Å²) in [5.41, 5.74) is 0.915. The molecule has 0 bridgehead atoms. The first-order valence-electron chi connectivity index (χ1n) is 6.02. The average molecular weight is 256 g/mol. The number of aliphatic hydroxyl groups is 1. The number of benzene rings is 2. The smallest absolute Gasteiger partial charge is 0.337 e. The van der Waals surface area contributed by atoms with Crippen molar-refractivity contribution >= 4 is 5.97 Å². The van der Waals surface area contributed by atoms with Crippen LogP contribution in [0.15, 0.2) is 54.6 Å². The summed E-state index contributed by atoms with van der Waals surface area (Å²) in [5, 5.41) is 10.6. The maximum atomic E-state index is 11.4. The van der Waals surface area contributed by atoms with Crippen LogP contribution < -0.4 is 0 Å². The summed E-state index contributed by atoms with van der Waals surface area (Å²) in [6.45, 7) is 1.73. The first-order chi connectivity index (χ1) is 9.05. The van der Waals surface area contributed by atoms with Crippen LogP contribution in [0.25, 0.3) is 0 Å². The summed E-state index contributed by atoms with van der Waals surface area (Å²) >= 11 is 0. The molecule has 3 nitrogen and oxygen atoms in total. The predicted octanol–water partition coefficient (Wildman–Crippen LogP) is 2.73. The van der Waals surface area contributed by atoms with E-state index in [1.165, 1.54) is 7.11 Å². The molecular weight excluding hydrogens is 240 g/mol. The SMILES string of the molecule is COC(=O)c1ccc(C(C)(O)c2ccccc2)cc1. The predicted molar refractivity (Wildman–Crippen MR) is 72.9 cm³/mol. The summed E-state index contributed by atoms with van der Waals surface area (Å²) in [5.74, 6) is -0.383. The molecule has 0 aliphatic heterocycles. The Morgan fingerprint density at radius 2 is 1.53 bits per heavy atom. The van der Waals surface area contributed by atoms with Gasteiger partial charge in [0.2, 0.25) is 0 Å². The van der Waals surface area contributed by atoms with Gasteiger partial charge in [-0.05, 0) is 30.2 Å². The van der Waals surface area contributed by atoms with Gasteiger partial charge in [0.25, 0.3) is 0 Å². The Bertz CT molecular complexity index is 556. The molecule has 0 aromatic heterocycles. The van der Waals surface area contributed by atoms with Crippen molar-refractivity contribution in [1.29, 1.82) is 0 Å². The van der Waals surface area contributed by atoms with Gasteiger partial charge in [-0.2, -0.15) is 0 Å². The minimum absolute atomic E-state index is 0.383. The van der Waals surface area contributed by atoms with Crippen molar-refractivity contribution in [3.05, 3.63) is 71.3 Å². The van der Waals surface area contributed by atoms with E-state index in [-0.39, 0.29) is 5.97 Å². The fourth-order valence-electron chi connectivity index (χ4n) is 1.98. The lowest BCUT2D eigenvalue weighted by molar-refractivity contribution is 0.0600. The molecule has 2 aromatic rings. The molecule has 98 valence electrons. The maximum absolute atomic E-state index is 11.4. The van der Waals surface area contributed by atoms with Gasteiger partial charge in [-0.3, -0.25) is 0 Å². The largest absolute Gasteiger partial charge is 0.465 e. The van der Waals surface area contributed by atoms with E-state index in [1.54, 1.807) is 31.2 Å². The molecule has 0 aliphatic rings. The Hall–Kier alpha value is -2.13. The van der Waals surface area contributed by atoms with Gasteiger partial charge >= 0.3 is 5.97 Å². The van der Waals surface area contributed by atoms with Crippen LogP contribution >= 0.6 is 0 Å². The van der Waals surface area contributed by atoms with E-state index < -0.39 is 5.60 Å². The molecule has 0 aliphatic carbocycles. The highest BCUT2D eigenvalue weighted by Crippen LogP contribution is 2.28. The third-order valence-electron chi connectivity index (χ3n) is 3.20. The number of hydrogen-bond acceptors (Lipinski definition) is 3. The van der Waals surface area contributed by atoms with E-state index in [1.807, 2.05) is 30.3 Å². The number of ether oxygens (including phenoxy) is 1. The fourth-order valence-corrected chi connectivity index (χ4v) is 1.98. The van der Waals surface area contributed by atoms with Crippen molar-refractivity contribution in [2.75, 3.05) is 7.11 Å². The highest BCUT2D eigenvalue weighted by atomic mass is 16.5. The van der Waals surface area contributed by atoms with Crippen LogP contribution in [0.1, 0.15) is 28.4 Å². The van der Waals surface area contributed by atoms with Gasteiger partial charge in [0.05, 0.1) is 12.7 Å². The third-order valence-corrected chi connectivity index (χ3v) is 3.20. The van der Waals surface area contributed by atoms with Crippen LogP contribution in [-0.2, 0) is 10.3 Å². The highest BCUT2D eigenvalue weighted by Gasteiger charge is 2.25. The molecule has 0 amide bonds. The highest BCUT2D eigenvalue weighted by molar-refractivity contribution is 5.89. The molecule has 2 rings (SSSR count). The van der Waals surface area contributed by atoms with Crippen LogP contribution in [0, 0.1) is 0 Å². The number of rotatable bonds is 3. The van der Waals surface area contributed by atoms with E-state index in [0.717, 1.165) is 11.1 Å². The molecule has 1 unspecified atom stereocenters. The van der Waals surface area contributed by atoms with Crippen molar-refractivity contribution in [3.63, 3.8) is 0 Å². The van der Waals surface area contributed by atoms with Crippen LogP contribution in [0.4, 0.5) is 0 Å². The Morgan fingerprint density at radius 3 is 2.05 bits per heavy atom. The van der Waals surface area contributed by atoms with Crippen LogP contribution in [-0.4, -0.2) is 18.2 Å². The molecule has 1 N–H and O–H groups in total. The monoisotopic (exact) mass is 256 g/mol. The van der Waals surface area contributed by atoms with Gasteiger partial charge in [0, 0.05) is 0 Å². The number of esters is 1. The van der Waals surface area contributed by atoms with Crippen molar-refractivity contribution < 1.29 is 14.6 Å². The minimum atomic E-state index is -1.09. The van der Waals surface area contributed by atoms with Gasteiger partial charge in [0.15, 0.2) is 0 Å². The van der Waals surface area contributed by atoms with E-state index in [9.17, 15) is 9.90 Å². The number of methoxy groups -OCH3 is 1. The zero-order chi connectivity index (χ0) is 13.9. The molecule has 0 heterocycles. The van der Waals surface area contributed by atoms with Crippen molar-refractivity contribution in [2.45, 2.75) is 12.5 Å². The van der Waals surface area contributed by atoms with Gasteiger partial charge in [-0.1, -0.05) is 42.5 Å². The molecule has 19 heavy (non-hydrogen) atoms. The first-order valence-corrected chi connectivity index (χ1v) is 6.02. The Labute approximate surface area is 112 Å². The molecule has 3 heteroatoms. The maximum Gasteiger partial charge on any atom is 0.337 e. The van der Waals surface area contributed by atoms with Crippen molar-refractivity contribution in [2.24, 2.45) is 0 Å². The zero-order valence-corrected chi connectivity index (χ0v) is 11.0. The lowest BCUT2D eigenvalue weighted by Gasteiger charge is -2.24. The summed E-state index contributed by atoms with van der Waals surface area (Å²) in [6.07, 6.45) is 0. The van der Waals surface area contributed by atoms with Gasteiger partial charge in [0.1, 0.15) is 5.60 Å². The second-order valence-electron chi connectivity index (χ2n) is 4.51. The Morgan fingerprint density at radius 1 is 1.00 bits per heavy atom. The normalized spacial score (nSPS) is 13.6. The lowest BCUT2D eigenvalue weighted by Crippen LogP contribution is -2.22. The molecule has 0 fully saturated rings. The fraction of sp³-hybridized carbons (Fsp3) is 0.188. The van der Waals surface area contributed by atoms with E-state index in [0.29, 0.717) is 5.56 Å². The lowest BCUT2D eigenvalue weighted by atomic mass is 9.88.